The molecular formula is C14H13N3OS2. The highest BCUT2D eigenvalue weighted by atomic mass is 32.2. The lowest BCUT2D eigenvalue weighted by Gasteiger charge is -2.19. The van der Waals surface area contributed by atoms with Crippen LogP contribution < -0.4 is 5.43 Å². The first-order valence-corrected chi connectivity index (χ1v) is 7.96. The normalized spacial score (nSPS) is 18.6. The van der Waals surface area contributed by atoms with E-state index in [1.165, 1.54) is 0 Å². The largest absolute Gasteiger partial charge is 0.273 e. The molecule has 0 fully saturated rings. The summed E-state index contributed by atoms with van der Waals surface area (Å²) in [7, 11) is 0. The van der Waals surface area contributed by atoms with Gasteiger partial charge >= 0.3 is 0 Å². The number of hydrogen-bond acceptors (Lipinski definition) is 5. The van der Waals surface area contributed by atoms with Gasteiger partial charge in [0.25, 0.3) is 0 Å². The number of rotatable bonds is 3. The molecule has 2 heterocycles. The van der Waals surface area contributed by atoms with Gasteiger partial charge in [-0.1, -0.05) is 30.8 Å². The van der Waals surface area contributed by atoms with E-state index in [9.17, 15) is 4.79 Å². The Balaban J connectivity index is 1.77. The van der Waals surface area contributed by atoms with Gasteiger partial charge in [-0.15, -0.1) is 11.3 Å². The molecule has 1 aliphatic heterocycles. The Hall–Kier alpha value is -1.66. The zero-order valence-electron chi connectivity index (χ0n) is 10.9. The summed E-state index contributed by atoms with van der Waals surface area (Å²) in [5.41, 5.74) is 4.54. The van der Waals surface area contributed by atoms with Crippen LogP contribution in [0.15, 0.2) is 50.2 Å². The molecule has 102 valence electrons. The Bertz CT molecular complexity index is 635. The van der Waals surface area contributed by atoms with Crippen molar-refractivity contribution in [3.8, 4) is 0 Å². The average Bonchev–Trinajstić information content (AvgIpc) is 2.93. The summed E-state index contributed by atoms with van der Waals surface area (Å²) in [6.07, 6.45) is 2.30. The molecule has 1 aliphatic rings. The molecule has 1 unspecified atom stereocenters. The first-order valence-electron chi connectivity index (χ1n) is 6.26. The topological polar surface area (TPSA) is 54.4 Å². The molecule has 6 heteroatoms. The molecule has 4 nitrogen and oxygen atoms in total. The highest BCUT2D eigenvalue weighted by Crippen LogP contribution is 2.29. The molecule has 0 radical (unpaired) electrons. The SMILES string of the molecule is CC1CC(=O)NN=C1c1ccc(Sc2nccs2)cc1. The van der Waals surface area contributed by atoms with Crippen LogP contribution in [0, 0.1) is 5.92 Å². The number of amides is 1. The van der Waals surface area contributed by atoms with Crippen LogP contribution in [0.5, 0.6) is 0 Å². The Kier molecular flexibility index (Phi) is 3.84. The summed E-state index contributed by atoms with van der Waals surface area (Å²) >= 11 is 3.28. The van der Waals surface area contributed by atoms with Crippen molar-refractivity contribution in [2.75, 3.05) is 0 Å². The standard InChI is InChI=1S/C14H13N3OS2/c1-9-8-12(18)16-17-13(9)10-2-4-11(5-3-10)20-14-15-6-7-19-14/h2-7,9H,8H2,1H3,(H,16,18). The quantitative estimate of drug-likeness (QED) is 0.947. The van der Waals surface area contributed by atoms with Crippen LogP contribution in [-0.2, 0) is 4.79 Å². The monoisotopic (exact) mass is 303 g/mol. The Labute approximate surface area is 125 Å². The second kappa shape index (κ2) is 5.76. The zero-order valence-corrected chi connectivity index (χ0v) is 12.5. The smallest absolute Gasteiger partial charge is 0.240 e. The van der Waals surface area contributed by atoms with Crippen molar-refractivity contribution < 1.29 is 4.79 Å². The number of nitrogens with one attached hydrogen (secondary N) is 1. The van der Waals surface area contributed by atoms with Crippen LogP contribution in [0.3, 0.4) is 0 Å². The Morgan fingerprint density at radius 1 is 1.35 bits per heavy atom. The van der Waals surface area contributed by atoms with Crippen molar-refractivity contribution in [2.45, 2.75) is 22.6 Å². The minimum absolute atomic E-state index is 0.0165. The molecule has 1 atom stereocenters. The van der Waals surface area contributed by atoms with Gasteiger partial charge in [-0.25, -0.2) is 10.4 Å². The van der Waals surface area contributed by atoms with E-state index in [1.807, 2.05) is 30.6 Å². The van der Waals surface area contributed by atoms with Gasteiger partial charge in [0.15, 0.2) is 4.34 Å². The van der Waals surface area contributed by atoms with Crippen molar-refractivity contribution in [2.24, 2.45) is 11.0 Å². The van der Waals surface area contributed by atoms with E-state index >= 15 is 0 Å². The summed E-state index contributed by atoms with van der Waals surface area (Å²) in [4.78, 5) is 16.7. The third-order valence-electron chi connectivity index (χ3n) is 3.02. The molecule has 0 bridgehead atoms. The lowest BCUT2D eigenvalue weighted by molar-refractivity contribution is -0.121. The van der Waals surface area contributed by atoms with E-state index in [0.717, 1.165) is 20.5 Å². The molecular weight excluding hydrogens is 290 g/mol. The third-order valence-corrected chi connectivity index (χ3v) is 4.92. The third kappa shape index (κ3) is 2.91. The number of hydrazone groups is 1. The van der Waals surface area contributed by atoms with Crippen LogP contribution in [0.1, 0.15) is 18.9 Å². The van der Waals surface area contributed by atoms with Gasteiger partial charge in [-0.2, -0.15) is 5.10 Å². The van der Waals surface area contributed by atoms with E-state index < -0.39 is 0 Å². The van der Waals surface area contributed by atoms with Crippen molar-refractivity contribution in [1.29, 1.82) is 0 Å². The fourth-order valence-electron chi connectivity index (χ4n) is 2.06. The molecule has 0 spiro atoms. The van der Waals surface area contributed by atoms with Crippen molar-refractivity contribution >= 4 is 34.7 Å². The summed E-state index contributed by atoms with van der Waals surface area (Å²) < 4.78 is 1.04. The maximum atomic E-state index is 11.3. The molecule has 3 rings (SSSR count). The fourth-order valence-corrected chi connectivity index (χ4v) is 3.65. The molecule has 0 saturated carbocycles. The molecule has 1 N–H and O–H groups in total. The van der Waals surface area contributed by atoms with Crippen molar-refractivity contribution in [3.05, 3.63) is 41.4 Å². The molecule has 0 saturated heterocycles. The number of aromatic nitrogens is 1. The van der Waals surface area contributed by atoms with Gasteiger partial charge in [0, 0.05) is 28.8 Å². The summed E-state index contributed by atoms with van der Waals surface area (Å²) in [6, 6.07) is 8.21. The van der Waals surface area contributed by atoms with Gasteiger partial charge in [-0.05, 0) is 17.7 Å². The Morgan fingerprint density at radius 3 is 2.80 bits per heavy atom. The van der Waals surface area contributed by atoms with E-state index in [-0.39, 0.29) is 11.8 Å². The molecule has 1 aromatic carbocycles. The number of benzene rings is 1. The van der Waals surface area contributed by atoms with Crippen LogP contribution in [0.25, 0.3) is 0 Å². The number of thiazole rings is 1. The van der Waals surface area contributed by atoms with E-state index in [2.05, 4.69) is 27.6 Å². The summed E-state index contributed by atoms with van der Waals surface area (Å²) in [5.74, 6) is 0.137. The minimum atomic E-state index is -0.0165. The molecule has 1 aromatic heterocycles. The van der Waals surface area contributed by atoms with Gasteiger partial charge in [-0.3, -0.25) is 4.79 Å². The van der Waals surface area contributed by atoms with E-state index in [4.69, 9.17) is 0 Å². The number of carbonyl (C=O) groups is 1. The van der Waals surface area contributed by atoms with Crippen molar-refractivity contribution in [3.63, 3.8) is 0 Å². The van der Waals surface area contributed by atoms with Gasteiger partial charge in [0.2, 0.25) is 5.91 Å². The lowest BCUT2D eigenvalue weighted by Crippen LogP contribution is -2.31. The first-order chi connectivity index (χ1) is 9.72. The van der Waals surface area contributed by atoms with E-state index in [1.54, 1.807) is 23.1 Å². The van der Waals surface area contributed by atoms with Crippen LogP contribution >= 0.6 is 23.1 Å². The second-order valence-corrected chi connectivity index (χ2v) is 6.78. The molecule has 1 amide bonds. The predicted molar refractivity (Wildman–Crippen MR) is 81.1 cm³/mol. The van der Waals surface area contributed by atoms with Crippen LogP contribution in [-0.4, -0.2) is 16.6 Å². The highest BCUT2D eigenvalue weighted by Gasteiger charge is 2.21. The predicted octanol–water partition coefficient (Wildman–Crippen LogP) is 3.15. The molecule has 20 heavy (non-hydrogen) atoms. The zero-order chi connectivity index (χ0) is 13.9. The van der Waals surface area contributed by atoms with Crippen LogP contribution in [0.2, 0.25) is 0 Å². The second-order valence-electron chi connectivity index (χ2n) is 4.56. The van der Waals surface area contributed by atoms with Crippen molar-refractivity contribution in [1.82, 2.24) is 10.4 Å². The number of hydrogen-bond donors (Lipinski definition) is 1. The van der Waals surface area contributed by atoms with Gasteiger partial charge in [0.05, 0.1) is 5.71 Å². The average molecular weight is 303 g/mol. The minimum Gasteiger partial charge on any atom is -0.273 e. The summed E-state index contributed by atoms with van der Waals surface area (Å²) in [6.45, 7) is 2.02. The maximum Gasteiger partial charge on any atom is 0.240 e. The molecule has 2 aromatic rings. The number of nitrogens with zero attached hydrogens (tertiary/aromatic N) is 2. The number of carbonyl (C=O) groups excluding carboxylic acids is 1. The maximum absolute atomic E-state index is 11.3. The van der Waals surface area contributed by atoms with E-state index in [0.29, 0.717) is 6.42 Å². The van der Waals surface area contributed by atoms with Crippen LogP contribution in [0.4, 0.5) is 0 Å². The fraction of sp³-hybridized carbons (Fsp3) is 0.214. The lowest BCUT2D eigenvalue weighted by atomic mass is 9.94. The highest BCUT2D eigenvalue weighted by molar-refractivity contribution is 8.01. The first kappa shape index (κ1) is 13.3. The Morgan fingerprint density at radius 2 is 2.15 bits per heavy atom. The molecule has 0 aliphatic carbocycles. The summed E-state index contributed by atoms with van der Waals surface area (Å²) in [5, 5.41) is 6.14. The van der Waals surface area contributed by atoms with Gasteiger partial charge in [0.1, 0.15) is 0 Å². The van der Waals surface area contributed by atoms with Gasteiger partial charge < -0.3 is 0 Å².